The first-order chi connectivity index (χ1) is 11.5. The third kappa shape index (κ3) is 4.86. The molecule has 0 radical (unpaired) electrons. The van der Waals surface area contributed by atoms with Gasteiger partial charge in [-0.2, -0.15) is 0 Å². The van der Waals surface area contributed by atoms with Crippen LogP contribution in [0.4, 0.5) is 8.78 Å². The smallest absolute Gasteiger partial charge is 0.234 e. The molecule has 2 aromatic rings. The van der Waals surface area contributed by atoms with Crippen LogP contribution in [-0.4, -0.2) is 30.9 Å². The van der Waals surface area contributed by atoms with Crippen molar-refractivity contribution in [2.45, 2.75) is 19.4 Å². The quantitative estimate of drug-likeness (QED) is 0.844. The van der Waals surface area contributed by atoms with Gasteiger partial charge in [0.1, 0.15) is 11.6 Å². The van der Waals surface area contributed by atoms with Gasteiger partial charge in [-0.15, -0.1) is 0 Å². The van der Waals surface area contributed by atoms with E-state index in [0.29, 0.717) is 0 Å². The minimum Gasteiger partial charge on any atom is -0.355 e. The SMILES string of the molecule is CC(c1ccccc1)N(C)CC(=O)NCCc1c(F)cccc1F. The highest BCUT2D eigenvalue weighted by molar-refractivity contribution is 5.78. The molecule has 1 N–H and O–H groups in total. The summed E-state index contributed by atoms with van der Waals surface area (Å²) in [5, 5.41) is 2.71. The molecule has 2 aromatic carbocycles. The maximum atomic E-state index is 13.5. The predicted molar refractivity (Wildman–Crippen MR) is 90.6 cm³/mol. The molecule has 0 fully saturated rings. The van der Waals surface area contributed by atoms with Crippen molar-refractivity contribution >= 4 is 5.91 Å². The normalized spacial score (nSPS) is 12.2. The molecule has 3 nitrogen and oxygen atoms in total. The fraction of sp³-hybridized carbons (Fsp3) is 0.316. The van der Waals surface area contributed by atoms with Gasteiger partial charge in [0.15, 0.2) is 0 Å². The van der Waals surface area contributed by atoms with E-state index in [4.69, 9.17) is 0 Å². The van der Waals surface area contributed by atoms with Crippen LogP contribution in [0.25, 0.3) is 0 Å². The second kappa shape index (κ2) is 8.55. The number of carbonyl (C=O) groups is 1. The van der Waals surface area contributed by atoms with Crippen LogP contribution in [0.2, 0.25) is 0 Å². The van der Waals surface area contributed by atoms with Gasteiger partial charge in [0.05, 0.1) is 6.54 Å². The second-order valence-corrected chi connectivity index (χ2v) is 5.80. The summed E-state index contributed by atoms with van der Waals surface area (Å²) in [6, 6.07) is 13.8. The first kappa shape index (κ1) is 18.1. The molecule has 0 saturated heterocycles. The summed E-state index contributed by atoms with van der Waals surface area (Å²) in [5.41, 5.74) is 1.13. The van der Waals surface area contributed by atoms with Crippen LogP contribution in [0, 0.1) is 11.6 Å². The standard InChI is InChI=1S/C19H22F2N2O/c1-14(15-7-4-3-5-8-15)23(2)13-19(24)22-12-11-16-17(20)9-6-10-18(16)21/h3-10,14H,11-13H2,1-2H3,(H,22,24). The number of nitrogens with one attached hydrogen (secondary N) is 1. The van der Waals surface area contributed by atoms with Crippen LogP contribution < -0.4 is 5.32 Å². The van der Waals surface area contributed by atoms with Crippen molar-refractivity contribution in [3.8, 4) is 0 Å². The Bertz CT molecular complexity index is 656. The highest BCUT2D eigenvalue weighted by Crippen LogP contribution is 2.17. The minimum absolute atomic E-state index is 0.00353. The van der Waals surface area contributed by atoms with Gasteiger partial charge in [-0.25, -0.2) is 8.78 Å². The van der Waals surface area contributed by atoms with Gasteiger partial charge in [0.2, 0.25) is 5.91 Å². The summed E-state index contributed by atoms with van der Waals surface area (Å²) in [5.74, 6) is -1.34. The molecule has 1 atom stereocenters. The first-order valence-electron chi connectivity index (χ1n) is 7.94. The van der Waals surface area contributed by atoms with E-state index in [2.05, 4.69) is 5.32 Å². The van der Waals surface area contributed by atoms with Crippen LogP contribution in [0.3, 0.4) is 0 Å². The summed E-state index contributed by atoms with van der Waals surface area (Å²) in [4.78, 5) is 13.9. The lowest BCUT2D eigenvalue weighted by molar-refractivity contribution is -0.122. The Balaban J connectivity index is 1.81. The number of hydrogen-bond donors (Lipinski definition) is 1. The minimum atomic E-state index is -0.584. The van der Waals surface area contributed by atoms with Gasteiger partial charge in [0, 0.05) is 18.2 Å². The van der Waals surface area contributed by atoms with Gasteiger partial charge in [0.25, 0.3) is 0 Å². The zero-order chi connectivity index (χ0) is 17.5. The van der Waals surface area contributed by atoms with E-state index in [1.54, 1.807) is 0 Å². The Morgan fingerprint density at radius 1 is 1.08 bits per heavy atom. The van der Waals surface area contributed by atoms with E-state index in [0.717, 1.165) is 5.56 Å². The van der Waals surface area contributed by atoms with Gasteiger partial charge < -0.3 is 5.32 Å². The maximum absolute atomic E-state index is 13.5. The molecule has 0 aromatic heterocycles. The molecule has 2 rings (SSSR count). The molecule has 0 bridgehead atoms. The Hall–Kier alpha value is -2.27. The third-order valence-electron chi connectivity index (χ3n) is 4.10. The van der Waals surface area contributed by atoms with Crippen LogP contribution in [0.5, 0.6) is 0 Å². The summed E-state index contributed by atoms with van der Waals surface area (Å²) in [7, 11) is 1.87. The third-order valence-corrected chi connectivity index (χ3v) is 4.10. The Morgan fingerprint density at radius 2 is 1.71 bits per heavy atom. The fourth-order valence-corrected chi connectivity index (χ4v) is 2.50. The summed E-state index contributed by atoms with van der Waals surface area (Å²) >= 11 is 0. The van der Waals surface area contributed by atoms with E-state index >= 15 is 0 Å². The van der Waals surface area contributed by atoms with Crippen molar-refractivity contribution in [2.24, 2.45) is 0 Å². The Labute approximate surface area is 141 Å². The largest absolute Gasteiger partial charge is 0.355 e. The lowest BCUT2D eigenvalue weighted by Crippen LogP contribution is -2.37. The number of likely N-dealkylation sites (N-methyl/N-ethyl adjacent to an activating group) is 1. The molecular formula is C19H22F2N2O. The summed E-state index contributed by atoms with van der Waals surface area (Å²) in [6.07, 6.45) is 0.127. The number of rotatable bonds is 7. The Morgan fingerprint density at radius 3 is 2.33 bits per heavy atom. The van der Waals surface area contributed by atoms with E-state index in [-0.39, 0.29) is 37.0 Å². The van der Waals surface area contributed by atoms with E-state index < -0.39 is 11.6 Å². The van der Waals surface area contributed by atoms with Crippen LogP contribution >= 0.6 is 0 Å². The lowest BCUT2D eigenvalue weighted by atomic mass is 10.1. The molecule has 24 heavy (non-hydrogen) atoms. The highest BCUT2D eigenvalue weighted by atomic mass is 19.1. The van der Waals surface area contributed by atoms with Gasteiger partial charge >= 0.3 is 0 Å². The molecule has 1 amide bonds. The van der Waals surface area contributed by atoms with Gasteiger partial charge in [-0.05, 0) is 38.1 Å². The average Bonchev–Trinajstić information content (AvgIpc) is 2.57. The molecule has 128 valence electrons. The molecular weight excluding hydrogens is 310 g/mol. The highest BCUT2D eigenvalue weighted by Gasteiger charge is 2.15. The Kier molecular flexibility index (Phi) is 6.44. The number of halogens is 2. The molecule has 5 heteroatoms. The monoisotopic (exact) mass is 332 g/mol. The van der Waals surface area contributed by atoms with Gasteiger partial charge in [-0.1, -0.05) is 36.4 Å². The maximum Gasteiger partial charge on any atom is 0.234 e. The molecule has 0 spiro atoms. The summed E-state index contributed by atoms with van der Waals surface area (Å²) < 4.78 is 27.0. The van der Waals surface area contributed by atoms with E-state index in [1.165, 1.54) is 18.2 Å². The van der Waals surface area contributed by atoms with Crippen molar-refractivity contribution in [1.29, 1.82) is 0 Å². The number of nitrogens with zero attached hydrogens (tertiary/aromatic N) is 1. The van der Waals surface area contributed by atoms with Crippen molar-refractivity contribution in [3.63, 3.8) is 0 Å². The molecule has 0 heterocycles. The first-order valence-corrected chi connectivity index (χ1v) is 7.94. The zero-order valence-corrected chi connectivity index (χ0v) is 13.9. The molecule has 0 aliphatic heterocycles. The lowest BCUT2D eigenvalue weighted by Gasteiger charge is -2.24. The van der Waals surface area contributed by atoms with Crippen LogP contribution in [0.15, 0.2) is 48.5 Å². The topological polar surface area (TPSA) is 32.3 Å². The molecule has 1 unspecified atom stereocenters. The van der Waals surface area contributed by atoms with E-state index in [9.17, 15) is 13.6 Å². The number of carbonyl (C=O) groups excluding carboxylic acids is 1. The molecule has 0 aliphatic rings. The van der Waals surface area contributed by atoms with Crippen LogP contribution in [0.1, 0.15) is 24.1 Å². The van der Waals surface area contributed by atoms with Crippen LogP contribution in [-0.2, 0) is 11.2 Å². The van der Waals surface area contributed by atoms with Gasteiger partial charge in [-0.3, -0.25) is 9.69 Å². The molecule has 0 saturated carbocycles. The summed E-state index contributed by atoms with van der Waals surface area (Å²) in [6.45, 7) is 2.44. The number of amides is 1. The fourth-order valence-electron chi connectivity index (χ4n) is 2.50. The van der Waals surface area contributed by atoms with Crippen molar-refractivity contribution in [1.82, 2.24) is 10.2 Å². The molecule has 0 aliphatic carbocycles. The zero-order valence-electron chi connectivity index (χ0n) is 13.9. The van der Waals surface area contributed by atoms with Crippen molar-refractivity contribution < 1.29 is 13.6 Å². The van der Waals surface area contributed by atoms with Crippen molar-refractivity contribution in [2.75, 3.05) is 20.1 Å². The van der Waals surface area contributed by atoms with E-state index in [1.807, 2.05) is 49.2 Å². The number of hydrogen-bond acceptors (Lipinski definition) is 2. The second-order valence-electron chi connectivity index (χ2n) is 5.80. The average molecular weight is 332 g/mol. The number of benzene rings is 2. The predicted octanol–water partition coefficient (Wildman–Crippen LogP) is 3.32. The van der Waals surface area contributed by atoms with Crippen molar-refractivity contribution in [3.05, 3.63) is 71.3 Å².